The lowest BCUT2D eigenvalue weighted by Crippen LogP contribution is -2.23. The lowest BCUT2D eigenvalue weighted by Gasteiger charge is -2.15. The molecule has 9 nitrogen and oxygen atoms in total. The average molecular weight is 441 g/mol. The first-order valence-electron chi connectivity index (χ1n) is 10.5. The second kappa shape index (κ2) is 8.62. The van der Waals surface area contributed by atoms with Crippen LogP contribution < -0.4 is 15.4 Å². The first-order chi connectivity index (χ1) is 16.1. The lowest BCUT2D eigenvalue weighted by atomic mass is 10.1. The van der Waals surface area contributed by atoms with E-state index in [-0.39, 0.29) is 5.91 Å². The van der Waals surface area contributed by atoms with Crippen LogP contribution in [-0.2, 0) is 20.1 Å². The molecule has 1 aliphatic heterocycles. The molecule has 0 fully saturated rings. The zero-order valence-electron chi connectivity index (χ0n) is 18.3. The summed E-state index contributed by atoms with van der Waals surface area (Å²) in [5.41, 5.74) is 4.48. The molecule has 5 rings (SSSR count). The largest absolute Gasteiger partial charge is 0.497 e. The highest BCUT2D eigenvalue weighted by molar-refractivity contribution is 5.98. The standard InChI is InChI=1S/C24H23N7O2/c1-30-14-19(11-27-30)29-23-10-22(25-15-26-23)28-18-5-8-21-17(9-18)13-31(24(21)32)12-16-3-6-20(33-2)7-4-16/h3-11,14-15H,12-13H2,1-2H3,(H2,25,26,28,29). The minimum absolute atomic E-state index is 0.0392. The molecule has 0 spiro atoms. The van der Waals surface area contributed by atoms with Crippen LogP contribution in [0.4, 0.5) is 23.0 Å². The van der Waals surface area contributed by atoms with Crippen molar-refractivity contribution in [2.45, 2.75) is 13.1 Å². The number of hydrogen-bond donors (Lipinski definition) is 2. The third-order valence-corrected chi connectivity index (χ3v) is 5.43. The molecular weight excluding hydrogens is 418 g/mol. The van der Waals surface area contributed by atoms with Gasteiger partial charge in [-0.3, -0.25) is 9.48 Å². The number of aryl methyl sites for hydroxylation is 1. The maximum absolute atomic E-state index is 12.9. The fraction of sp³-hybridized carbons (Fsp3) is 0.167. The number of nitrogens with one attached hydrogen (secondary N) is 2. The highest BCUT2D eigenvalue weighted by atomic mass is 16.5. The van der Waals surface area contributed by atoms with E-state index in [2.05, 4.69) is 25.7 Å². The van der Waals surface area contributed by atoms with Crippen molar-refractivity contribution >= 4 is 28.9 Å². The Morgan fingerprint density at radius 2 is 1.76 bits per heavy atom. The summed E-state index contributed by atoms with van der Waals surface area (Å²) in [6.45, 7) is 1.11. The van der Waals surface area contributed by atoms with E-state index in [4.69, 9.17) is 4.74 Å². The number of carbonyl (C=O) groups excluding carboxylic acids is 1. The minimum atomic E-state index is 0.0392. The highest BCUT2D eigenvalue weighted by Crippen LogP contribution is 2.29. The number of benzene rings is 2. The van der Waals surface area contributed by atoms with Crippen molar-refractivity contribution in [2.24, 2.45) is 7.05 Å². The number of aromatic nitrogens is 4. The van der Waals surface area contributed by atoms with Crippen LogP contribution in [0.5, 0.6) is 5.75 Å². The van der Waals surface area contributed by atoms with Crippen molar-refractivity contribution in [1.82, 2.24) is 24.6 Å². The predicted octanol–water partition coefficient (Wildman–Crippen LogP) is 3.86. The first kappa shape index (κ1) is 20.5. The molecule has 1 amide bonds. The van der Waals surface area contributed by atoms with Gasteiger partial charge in [0.25, 0.3) is 5.91 Å². The minimum Gasteiger partial charge on any atom is -0.497 e. The van der Waals surface area contributed by atoms with E-state index in [1.165, 1.54) is 6.33 Å². The smallest absolute Gasteiger partial charge is 0.254 e. The average Bonchev–Trinajstić information content (AvgIpc) is 3.36. The monoisotopic (exact) mass is 441 g/mol. The summed E-state index contributed by atoms with van der Waals surface area (Å²) >= 11 is 0. The van der Waals surface area contributed by atoms with E-state index in [9.17, 15) is 4.79 Å². The Balaban J connectivity index is 1.27. The number of fused-ring (bicyclic) bond motifs is 1. The molecule has 9 heteroatoms. The topological polar surface area (TPSA) is 97.2 Å². The Hall–Kier alpha value is -4.40. The zero-order valence-corrected chi connectivity index (χ0v) is 18.3. The molecular formula is C24H23N7O2. The normalized spacial score (nSPS) is 12.5. The van der Waals surface area contributed by atoms with Gasteiger partial charge in [-0.25, -0.2) is 9.97 Å². The van der Waals surface area contributed by atoms with Crippen LogP contribution in [-0.4, -0.2) is 37.7 Å². The van der Waals surface area contributed by atoms with Gasteiger partial charge in [0.2, 0.25) is 0 Å². The number of ether oxygens (including phenoxy) is 1. The SMILES string of the molecule is COc1ccc(CN2Cc3cc(Nc4cc(Nc5cnn(C)c5)ncn4)ccc3C2=O)cc1. The zero-order chi connectivity index (χ0) is 22.8. The predicted molar refractivity (Wildman–Crippen MR) is 125 cm³/mol. The van der Waals surface area contributed by atoms with Gasteiger partial charge >= 0.3 is 0 Å². The molecule has 2 aromatic carbocycles. The fourth-order valence-electron chi connectivity index (χ4n) is 3.81. The first-order valence-corrected chi connectivity index (χ1v) is 10.5. The Kier molecular flexibility index (Phi) is 5.35. The lowest BCUT2D eigenvalue weighted by molar-refractivity contribution is 0.0766. The van der Waals surface area contributed by atoms with Gasteiger partial charge in [-0.2, -0.15) is 5.10 Å². The second-order valence-electron chi connectivity index (χ2n) is 7.82. The molecule has 1 aliphatic rings. The van der Waals surface area contributed by atoms with Crippen molar-refractivity contribution in [3.8, 4) is 5.75 Å². The van der Waals surface area contributed by atoms with Crippen molar-refractivity contribution < 1.29 is 9.53 Å². The molecule has 2 N–H and O–H groups in total. The van der Waals surface area contributed by atoms with Crippen LogP contribution in [0.15, 0.2) is 67.3 Å². The third-order valence-electron chi connectivity index (χ3n) is 5.43. The summed E-state index contributed by atoms with van der Waals surface area (Å²) in [5, 5.41) is 10.6. The molecule has 2 aromatic heterocycles. The van der Waals surface area contributed by atoms with Crippen LogP contribution >= 0.6 is 0 Å². The number of amides is 1. The molecule has 0 atom stereocenters. The van der Waals surface area contributed by atoms with E-state index in [1.54, 1.807) is 18.0 Å². The number of methoxy groups -OCH3 is 1. The summed E-state index contributed by atoms with van der Waals surface area (Å²) in [5.74, 6) is 2.14. The van der Waals surface area contributed by atoms with Gasteiger partial charge in [0.05, 0.1) is 19.0 Å². The Morgan fingerprint density at radius 1 is 1.00 bits per heavy atom. The van der Waals surface area contributed by atoms with Gasteiger partial charge in [0, 0.05) is 43.7 Å². The van der Waals surface area contributed by atoms with Crippen LogP contribution in [0.25, 0.3) is 0 Å². The Labute approximate surface area is 191 Å². The Morgan fingerprint density at radius 3 is 2.45 bits per heavy atom. The molecule has 0 aliphatic carbocycles. The van der Waals surface area contributed by atoms with E-state index in [0.29, 0.717) is 24.7 Å². The van der Waals surface area contributed by atoms with Crippen LogP contribution in [0, 0.1) is 0 Å². The van der Waals surface area contributed by atoms with Crippen molar-refractivity contribution in [3.05, 3.63) is 83.9 Å². The fourth-order valence-corrected chi connectivity index (χ4v) is 3.81. The van der Waals surface area contributed by atoms with E-state index < -0.39 is 0 Å². The molecule has 4 aromatic rings. The number of anilines is 4. The molecule has 0 unspecified atom stereocenters. The number of nitrogens with zero attached hydrogens (tertiary/aromatic N) is 5. The molecule has 33 heavy (non-hydrogen) atoms. The summed E-state index contributed by atoms with van der Waals surface area (Å²) in [7, 11) is 3.50. The molecule has 3 heterocycles. The van der Waals surface area contributed by atoms with Crippen molar-refractivity contribution in [1.29, 1.82) is 0 Å². The highest BCUT2D eigenvalue weighted by Gasteiger charge is 2.27. The second-order valence-corrected chi connectivity index (χ2v) is 7.82. The number of carbonyl (C=O) groups is 1. The molecule has 0 saturated heterocycles. The summed E-state index contributed by atoms with van der Waals surface area (Å²) in [6, 6.07) is 15.4. The Bertz CT molecular complexity index is 1300. The summed E-state index contributed by atoms with van der Waals surface area (Å²) in [6.07, 6.45) is 5.09. The third kappa shape index (κ3) is 4.47. The van der Waals surface area contributed by atoms with Crippen LogP contribution in [0.1, 0.15) is 21.5 Å². The maximum Gasteiger partial charge on any atom is 0.254 e. The van der Waals surface area contributed by atoms with Gasteiger partial charge in [-0.1, -0.05) is 12.1 Å². The van der Waals surface area contributed by atoms with E-state index in [1.807, 2.05) is 66.7 Å². The van der Waals surface area contributed by atoms with Gasteiger partial charge < -0.3 is 20.3 Å². The van der Waals surface area contributed by atoms with Gasteiger partial charge in [-0.05, 0) is 41.5 Å². The molecule has 0 bridgehead atoms. The van der Waals surface area contributed by atoms with Crippen LogP contribution in [0.2, 0.25) is 0 Å². The molecule has 0 saturated carbocycles. The molecule has 0 radical (unpaired) electrons. The summed E-state index contributed by atoms with van der Waals surface area (Å²) < 4.78 is 6.92. The quantitative estimate of drug-likeness (QED) is 0.449. The van der Waals surface area contributed by atoms with E-state index in [0.717, 1.165) is 33.8 Å². The molecule has 166 valence electrons. The van der Waals surface area contributed by atoms with E-state index >= 15 is 0 Å². The van der Waals surface area contributed by atoms with Crippen molar-refractivity contribution in [2.75, 3.05) is 17.7 Å². The maximum atomic E-state index is 12.9. The van der Waals surface area contributed by atoms with Gasteiger partial charge in [0.1, 0.15) is 23.7 Å². The number of rotatable bonds is 7. The summed E-state index contributed by atoms with van der Waals surface area (Å²) in [4.78, 5) is 23.3. The van der Waals surface area contributed by atoms with Crippen LogP contribution in [0.3, 0.4) is 0 Å². The number of hydrogen-bond acceptors (Lipinski definition) is 7. The van der Waals surface area contributed by atoms with Gasteiger partial charge in [-0.15, -0.1) is 0 Å². The van der Waals surface area contributed by atoms with Gasteiger partial charge in [0.15, 0.2) is 0 Å². The van der Waals surface area contributed by atoms with Crippen molar-refractivity contribution in [3.63, 3.8) is 0 Å².